The third-order valence-electron chi connectivity index (χ3n) is 4.66. The number of thiazole rings is 1. The summed E-state index contributed by atoms with van der Waals surface area (Å²) >= 11 is 0.648. The van der Waals surface area contributed by atoms with Crippen molar-refractivity contribution in [1.82, 2.24) is 10.3 Å². The van der Waals surface area contributed by atoms with E-state index in [1.54, 1.807) is 4.72 Å². The fourth-order valence-electron chi connectivity index (χ4n) is 3.05. The lowest BCUT2D eigenvalue weighted by Gasteiger charge is -2.13. The Kier molecular flexibility index (Phi) is 7.83. The van der Waals surface area contributed by atoms with Crippen LogP contribution in [0.1, 0.15) is 27.2 Å². The van der Waals surface area contributed by atoms with Crippen molar-refractivity contribution in [2.75, 3.05) is 17.5 Å². The van der Waals surface area contributed by atoms with Gasteiger partial charge in [0.05, 0.1) is 17.4 Å². The van der Waals surface area contributed by atoms with Gasteiger partial charge in [-0.25, -0.2) is 22.2 Å². The van der Waals surface area contributed by atoms with Crippen LogP contribution in [0.25, 0.3) is 10.6 Å². The number of benzene rings is 2. The van der Waals surface area contributed by atoms with Crippen molar-refractivity contribution in [2.45, 2.75) is 18.8 Å². The summed E-state index contributed by atoms with van der Waals surface area (Å²) in [7, 11) is -3.94. The lowest BCUT2D eigenvalue weighted by Crippen LogP contribution is -2.26. The van der Waals surface area contributed by atoms with E-state index < -0.39 is 62.3 Å². The largest absolute Gasteiger partial charge is 0.416 e. The molecule has 1 amide bonds. The number of carbonyl (C=O) groups excluding carboxylic acids is 1. The monoisotopic (exact) mass is 573 g/mol. The van der Waals surface area contributed by atoms with E-state index in [2.05, 4.69) is 10.3 Å². The molecule has 3 rings (SSSR count). The molecule has 1 aromatic heterocycles. The van der Waals surface area contributed by atoms with Gasteiger partial charge in [0.15, 0.2) is 11.6 Å². The molecule has 0 radical (unpaired) electrons. The van der Waals surface area contributed by atoms with E-state index in [9.17, 15) is 48.3 Å². The first kappa shape index (κ1) is 28.3. The molecule has 1 heterocycles. The van der Waals surface area contributed by atoms with Gasteiger partial charge in [0.25, 0.3) is 5.91 Å². The number of amides is 1. The second kappa shape index (κ2) is 10.2. The molecule has 37 heavy (non-hydrogen) atoms. The van der Waals surface area contributed by atoms with Crippen LogP contribution in [0.3, 0.4) is 0 Å². The zero-order chi connectivity index (χ0) is 27.8. The van der Waals surface area contributed by atoms with Crippen molar-refractivity contribution in [2.24, 2.45) is 0 Å². The molecule has 6 nitrogen and oxygen atoms in total. The highest BCUT2D eigenvalue weighted by Gasteiger charge is 2.37. The molecule has 3 aromatic rings. The summed E-state index contributed by atoms with van der Waals surface area (Å²) in [5.74, 6) is -3.20. The number of rotatable bonds is 7. The first-order chi connectivity index (χ1) is 16.9. The van der Waals surface area contributed by atoms with E-state index >= 15 is 0 Å². The molecular formula is C21H15F8N3O3S2. The minimum Gasteiger partial charge on any atom is -0.350 e. The zero-order valence-electron chi connectivity index (χ0n) is 18.4. The molecule has 0 bridgehead atoms. The summed E-state index contributed by atoms with van der Waals surface area (Å²) < 4.78 is 131. The Bertz CT molecular complexity index is 1380. The Labute approximate surface area is 208 Å². The first-order valence-electron chi connectivity index (χ1n) is 9.93. The molecule has 2 aromatic carbocycles. The van der Waals surface area contributed by atoms with Gasteiger partial charge in [-0.1, -0.05) is 0 Å². The number of nitrogens with zero attached hydrogens (tertiary/aromatic N) is 1. The summed E-state index contributed by atoms with van der Waals surface area (Å²) in [6, 6.07) is 2.66. The van der Waals surface area contributed by atoms with Crippen LogP contribution in [0.15, 0.2) is 35.7 Å². The van der Waals surface area contributed by atoms with Crippen LogP contribution in [-0.2, 0) is 28.8 Å². The van der Waals surface area contributed by atoms with E-state index in [4.69, 9.17) is 0 Å². The average molecular weight is 573 g/mol. The first-order valence-corrected chi connectivity index (χ1v) is 12.7. The van der Waals surface area contributed by atoms with Crippen LogP contribution in [0.2, 0.25) is 0 Å². The van der Waals surface area contributed by atoms with Crippen molar-refractivity contribution in [3.8, 4) is 10.6 Å². The topological polar surface area (TPSA) is 88.2 Å². The van der Waals surface area contributed by atoms with Crippen LogP contribution >= 0.6 is 11.3 Å². The number of carbonyl (C=O) groups is 1. The van der Waals surface area contributed by atoms with Crippen LogP contribution < -0.4 is 10.0 Å². The van der Waals surface area contributed by atoms with E-state index in [-0.39, 0.29) is 35.3 Å². The van der Waals surface area contributed by atoms with Crippen LogP contribution in [0, 0.1) is 11.6 Å². The normalized spacial score (nSPS) is 12.5. The highest BCUT2D eigenvalue weighted by Crippen LogP contribution is 2.39. The minimum absolute atomic E-state index is 0.0276. The van der Waals surface area contributed by atoms with Crippen molar-refractivity contribution in [1.29, 1.82) is 0 Å². The maximum absolute atomic E-state index is 14.1. The molecule has 0 fully saturated rings. The molecule has 0 saturated carbocycles. The number of nitrogens with one attached hydrogen (secondary N) is 2. The van der Waals surface area contributed by atoms with Crippen molar-refractivity contribution < 1.29 is 48.3 Å². The Hall–Kier alpha value is -3.27. The molecule has 2 N–H and O–H groups in total. The summed E-state index contributed by atoms with van der Waals surface area (Å²) in [5.41, 5.74) is -4.65. The quantitative estimate of drug-likeness (QED) is 0.367. The third-order valence-corrected chi connectivity index (χ3v) is 6.13. The number of hydrogen-bond acceptors (Lipinski definition) is 5. The number of alkyl halides is 6. The van der Waals surface area contributed by atoms with Gasteiger partial charge in [-0.05, 0) is 42.3 Å². The highest BCUT2D eigenvalue weighted by atomic mass is 32.2. The van der Waals surface area contributed by atoms with Crippen molar-refractivity contribution >= 4 is 33.0 Å². The standard InChI is InChI=1S/C21H15F8N3O3S2/c1-37(34,35)32-17-14(22)4-10(5-15(17)23)2-3-30-18(33)16-9-36-19(31-16)11-6-12(20(24,25)26)8-13(7-11)21(27,28)29/h4-9,32H,2-3H2,1H3,(H,30,33). The van der Waals surface area contributed by atoms with E-state index in [1.165, 1.54) is 0 Å². The Morgan fingerprint density at radius 1 is 0.946 bits per heavy atom. The lowest BCUT2D eigenvalue weighted by molar-refractivity contribution is -0.143. The molecule has 200 valence electrons. The van der Waals surface area contributed by atoms with Crippen LogP contribution in [0.4, 0.5) is 40.8 Å². The molecule has 0 unspecified atom stereocenters. The number of halogens is 8. The molecule has 0 aliphatic rings. The van der Waals surface area contributed by atoms with Gasteiger partial charge in [-0.15, -0.1) is 11.3 Å². The van der Waals surface area contributed by atoms with E-state index in [1.807, 2.05) is 0 Å². The second-order valence-electron chi connectivity index (χ2n) is 7.65. The predicted molar refractivity (Wildman–Crippen MR) is 118 cm³/mol. The second-order valence-corrected chi connectivity index (χ2v) is 10.3. The van der Waals surface area contributed by atoms with Crippen LogP contribution in [-0.4, -0.2) is 32.1 Å². The molecule has 16 heteroatoms. The Morgan fingerprint density at radius 2 is 1.49 bits per heavy atom. The number of hydrogen-bond donors (Lipinski definition) is 2. The minimum atomic E-state index is -5.05. The molecule has 0 saturated heterocycles. The van der Waals surface area contributed by atoms with Gasteiger partial charge in [0.1, 0.15) is 16.4 Å². The van der Waals surface area contributed by atoms with Crippen LogP contribution in [0.5, 0.6) is 0 Å². The summed E-state index contributed by atoms with van der Waals surface area (Å²) in [4.78, 5) is 16.1. The molecular weight excluding hydrogens is 558 g/mol. The van der Waals surface area contributed by atoms with Crippen molar-refractivity contribution in [3.05, 3.63) is 69.7 Å². The molecule has 0 atom stereocenters. The predicted octanol–water partition coefficient (Wildman–Crippen LogP) is 5.47. The fraction of sp³-hybridized carbons (Fsp3) is 0.238. The van der Waals surface area contributed by atoms with E-state index in [0.29, 0.717) is 29.7 Å². The maximum atomic E-state index is 14.1. The SMILES string of the molecule is CS(=O)(=O)Nc1c(F)cc(CCNC(=O)c2csc(-c3cc(C(F)(F)F)cc(C(F)(F)F)c3)n2)cc1F. The highest BCUT2D eigenvalue weighted by molar-refractivity contribution is 7.92. The van der Waals surface area contributed by atoms with Gasteiger partial charge in [-0.2, -0.15) is 26.3 Å². The summed E-state index contributed by atoms with van der Waals surface area (Å²) in [5, 5.41) is 3.23. The average Bonchev–Trinajstić information content (AvgIpc) is 3.25. The van der Waals surface area contributed by atoms with Crippen molar-refractivity contribution in [3.63, 3.8) is 0 Å². The Balaban J connectivity index is 1.72. The van der Waals surface area contributed by atoms with Gasteiger partial charge in [-0.3, -0.25) is 9.52 Å². The van der Waals surface area contributed by atoms with Gasteiger partial charge >= 0.3 is 12.4 Å². The Morgan fingerprint density at radius 3 is 1.97 bits per heavy atom. The summed E-state index contributed by atoms with van der Waals surface area (Å²) in [6.45, 7) is -0.175. The molecule has 0 spiro atoms. The smallest absolute Gasteiger partial charge is 0.350 e. The molecule has 0 aliphatic heterocycles. The summed E-state index contributed by atoms with van der Waals surface area (Å²) in [6.07, 6.45) is -9.49. The lowest BCUT2D eigenvalue weighted by atomic mass is 10.1. The zero-order valence-corrected chi connectivity index (χ0v) is 20.0. The van der Waals surface area contributed by atoms with Gasteiger partial charge < -0.3 is 5.32 Å². The number of anilines is 1. The fourth-order valence-corrected chi connectivity index (χ4v) is 4.41. The maximum Gasteiger partial charge on any atom is 0.416 e. The van der Waals surface area contributed by atoms with E-state index in [0.717, 1.165) is 17.5 Å². The molecule has 0 aliphatic carbocycles. The van der Waals surface area contributed by atoms with Gasteiger partial charge in [0, 0.05) is 17.5 Å². The number of aromatic nitrogens is 1. The number of sulfonamides is 1. The van der Waals surface area contributed by atoms with Gasteiger partial charge in [0.2, 0.25) is 10.0 Å². The third kappa shape index (κ3) is 7.38.